The van der Waals surface area contributed by atoms with E-state index in [4.69, 9.17) is 33.0 Å². The van der Waals surface area contributed by atoms with Crippen molar-refractivity contribution in [2.75, 3.05) is 6.61 Å². The number of hydrogen-bond donors (Lipinski definition) is 1. The fourth-order valence-corrected chi connectivity index (χ4v) is 2.67. The topological polar surface area (TPSA) is 73.1 Å². The summed E-state index contributed by atoms with van der Waals surface area (Å²) >= 11 is 12.1. The van der Waals surface area contributed by atoms with Gasteiger partial charge in [-0.2, -0.15) is 5.10 Å². The number of benzene rings is 1. The number of pyridine rings is 1. The van der Waals surface area contributed by atoms with Crippen LogP contribution in [0.1, 0.15) is 18.3 Å². The molecule has 0 saturated carbocycles. The summed E-state index contributed by atoms with van der Waals surface area (Å²) in [5.74, 6) is 0.905. The van der Waals surface area contributed by atoms with Crippen LogP contribution in [0, 0.1) is 0 Å². The van der Waals surface area contributed by atoms with E-state index in [1.54, 1.807) is 29.3 Å². The molecule has 0 amide bonds. The molecule has 25 heavy (non-hydrogen) atoms. The Bertz CT molecular complexity index is 883. The molecule has 0 radical (unpaired) electrons. The summed E-state index contributed by atoms with van der Waals surface area (Å²) in [5, 5.41) is 14.2. The first kappa shape index (κ1) is 17.7. The van der Waals surface area contributed by atoms with Gasteiger partial charge in [-0.25, -0.2) is 14.6 Å². The lowest BCUT2D eigenvalue weighted by Crippen LogP contribution is -2.04. The van der Waals surface area contributed by atoms with Crippen LogP contribution < -0.4 is 4.74 Å². The van der Waals surface area contributed by atoms with Crippen molar-refractivity contribution < 1.29 is 9.84 Å². The van der Waals surface area contributed by atoms with Crippen LogP contribution in [0.2, 0.25) is 10.0 Å². The Labute approximate surface area is 155 Å². The molecule has 0 unspecified atom stereocenters. The van der Waals surface area contributed by atoms with E-state index in [0.29, 0.717) is 34.9 Å². The Morgan fingerprint density at radius 1 is 1.16 bits per heavy atom. The zero-order valence-corrected chi connectivity index (χ0v) is 15.0. The van der Waals surface area contributed by atoms with Gasteiger partial charge in [0.05, 0.1) is 23.2 Å². The average Bonchev–Trinajstić information content (AvgIpc) is 3.06. The van der Waals surface area contributed by atoms with Crippen molar-refractivity contribution in [1.29, 1.82) is 0 Å². The summed E-state index contributed by atoms with van der Waals surface area (Å²) in [7, 11) is 0. The second kappa shape index (κ2) is 7.82. The van der Waals surface area contributed by atoms with E-state index in [0.717, 1.165) is 16.7 Å². The van der Waals surface area contributed by atoms with Gasteiger partial charge in [-0.15, -0.1) is 0 Å². The van der Waals surface area contributed by atoms with E-state index in [1.807, 2.05) is 19.1 Å². The summed E-state index contributed by atoms with van der Waals surface area (Å²) in [6.07, 6.45) is 3.30. The molecule has 1 N–H and O–H groups in total. The third-order valence-electron chi connectivity index (χ3n) is 3.49. The minimum atomic E-state index is -0.191. The summed E-state index contributed by atoms with van der Waals surface area (Å²) in [6, 6.07) is 7.37. The van der Waals surface area contributed by atoms with Gasteiger partial charge in [-0.3, -0.25) is 0 Å². The summed E-state index contributed by atoms with van der Waals surface area (Å²) in [4.78, 5) is 8.42. The Kier molecular flexibility index (Phi) is 5.53. The first-order valence-electron chi connectivity index (χ1n) is 7.67. The maximum absolute atomic E-state index is 9.06. The quantitative estimate of drug-likeness (QED) is 0.709. The van der Waals surface area contributed by atoms with E-state index in [2.05, 4.69) is 15.1 Å². The van der Waals surface area contributed by atoms with Gasteiger partial charge >= 0.3 is 0 Å². The zero-order valence-electron chi connectivity index (χ0n) is 13.5. The highest BCUT2D eigenvalue weighted by molar-refractivity contribution is 6.42. The molecule has 0 saturated heterocycles. The molecule has 0 fully saturated rings. The Morgan fingerprint density at radius 2 is 2.00 bits per heavy atom. The molecule has 0 spiro atoms. The van der Waals surface area contributed by atoms with Gasteiger partial charge < -0.3 is 9.84 Å². The van der Waals surface area contributed by atoms with Gasteiger partial charge in [0.25, 0.3) is 0 Å². The van der Waals surface area contributed by atoms with Gasteiger partial charge in [0.15, 0.2) is 5.82 Å². The van der Waals surface area contributed by atoms with Crippen molar-refractivity contribution in [3.8, 4) is 17.0 Å². The van der Waals surface area contributed by atoms with E-state index >= 15 is 0 Å². The predicted octanol–water partition coefficient (Wildman–Crippen LogP) is 3.59. The summed E-state index contributed by atoms with van der Waals surface area (Å²) in [6.45, 7) is 2.69. The minimum absolute atomic E-state index is 0.191. The Balaban J connectivity index is 1.97. The van der Waals surface area contributed by atoms with E-state index in [1.165, 1.54) is 0 Å². The molecule has 0 aliphatic heterocycles. The molecule has 0 aliphatic carbocycles. The number of nitrogens with zero attached hydrogens (tertiary/aromatic N) is 4. The number of ether oxygens (including phenoxy) is 1. The van der Waals surface area contributed by atoms with Crippen LogP contribution in [0.3, 0.4) is 0 Å². The highest BCUT2D eigenvalue weighted by Crippen LogP contribution is 2.33. The first-order chi connectivity index (χ1) is 12.1. The van der Waals surface area contributed by atoms with Crippen molar-refractivity contribution in [3.63, 3.8) is 0 Å². The molecule has 8 heteroatoms. The number of aliphatic hydroxyl groups excluding tert-OH is 1. The maximum atomic E-state index is 9.06. The second-order valence-electron chi connectivity index (χ2n) is 5.27. The number of halogens is 2. The third-order valence-corrected chi connectivity index (χ3v) is 4.23. The fourth-order valence-electron chi connectivity index (χ4n) is 2.37. The fraction of sp³-hybridized carbons (Fsp3) is 0.235. The van der Waals surface area contributed by atoms with Crippen LogP contribution in [0.5, 0.6) is 5.88 Å². The molecule has 2 heterocycles. The molecule has 1 aromatic carbocycles. The second-order valence-corrected chi connectivity index (χ2v) is 6.09. The van der Waals surface area contributed by atoms with Gasteiger partial charge in [0.2, 0.25) is 5.88 Å². The van der Waals surface area contributed by atoms with Crippen molar-refractivity contribution in [3.05, 3.63) is 58.2 Å². The summed E-state index contributed by atoms with van der Waals surface area (Å²) < 4.78 is 7.27. The Hall–Kier alpha value is -2.15. The number of aromatic nitrogens is 4. The smallest absolute Gasteiger partial charge is 0.221 e. The molecule has 0 aliphatic rings. The number of rotatable bonds is 6. The maximum Gasteiger partial charge on any atom is 0.221 e. The monoisotopic (exact) mass is 378 g/mol. The number of hydrogen-bond acceptors (Lipinski definition) is 5. The standard InChI is InChI=1S/C17H16Cl2N4O2/c1-2-25-17-13(12-3-4-14(18)15(19)6-12)5-11(7-20-17)8-23-10-21-16(9-24)22-23/h3-7,10,24H,2,8-9H2,1H3. The third kappa shape index (κ3) is 4.10. The van der Waals surface area contributed by atoms with Crippen molar-refractivity contribution in [1.82, 2.24) is 19.7 Å². The zero-order chi connectivity index (χ0) is 17.8. The lowest BCUT2D eigenvalue weighted by molar-refractivity contribution is 0.271. The molecule has 6 nitrogen and oxygen atoms in total. The molecular weight excluding hydrogens is 363 g/mol. The van der Waals surface area contributed by atoms with E-state index < -0.39 is 0 Å². The van der Waals surface area contributed by atoms with Crippen LogP contribution in [0.4, 0.5) is 0 Å². The van der Waals surface area contributed by atoms with Crippen LogP contribution >= 0.6 is 23.2 Å². The molecule has 3 aromatic rings. The SMILES string of the molecule is CCOc1ncc(Cn2cnc(CO)n2)cc1-c1ccc(Cl)c(Cl)c1. The van der Waals surface area contributed by atoms with Gasteiger partial charge in [0, 0.05) is 11.8 Å². The predicted molar refractivity (Wildman–Crippen MR) is 95.9 cm³/mol. The van der Waals surface area contributed by atoms with Gasteiger partial charge in [-0.05, 0) is 36.2 Å². The van der Waals surface area contributed by atoms with Crippen molar-refractivity contribution in [2.24, 2.45) is 0 Å². The largest absolute Gasteiger partial charge is 0.478 e. The minimum Gasteiger partial charge on any atom is -0.478 e. The van der Waals surface area contributed by atoms with Gasteiger partial charge in [0.1, 0.15) is 12.9 Å². The normalized spacial score (nSPS) is 10.9. The van der Waals surface area contributed by atoms with Crippen molar-refractivity contribution >= 4 is 23.2 Å². The summed E-state index contributed by atoms with van der Waals surface area (Å²) in [5.41, 5.74) is 2.60. The number of aliphatic hydroxyl groups is 1. The lowest BCUT2D eigenvalue weighted by Gasteiger charge is -2.12. The lowest BCUT2D eigenvalue weighted by atomic mass is 10.1. The molecule has 0 atom stereocenters. The average molecular weight is 379 g/mol. The van der Waals surface area contributed by atoms with Crippen LogP contribution in [0.25, 0.3) is 11.1 Å². The molecule has 0 bridgehead atoms. The molecule has 130 valence electrons. The highest BCUT2D eigenvalue weighted by atomic mass is 35.5. The molecular formula is C17H16Cl2N4O2. The van der Waals surface area contributed by atoms with Crippen LogP contribution in [-0.2, 0) is 13.2 Å². The van der Waals surface area contributed by atoms with E-state index in [9.17, 15) is 0 Å². The van der Waals surface area contributed by atoms with Crippen LogP contribution in [-0.4, -0.2) is 31.5 Å². The van der Waals surface area contributed by atoms with Crippen LogP contribution in [0.15, 0.2) is 36.8 Å². The molecule has 3 rings (SSSR count). The molecule has 2 aromatic heterocycles. The van der Waals surface area contributed by atoms with Crippen molar-refractivity contribution in [2.45, 2.75) is 20.1 Å². The van der Waals surface area contributed by atoms with E-state index in [-0.39, 0.29) is 6.61 Å². The first-order valence-corrected chi connectivity index (χ1v) is 8.42. The van der Waals surface area contributed by atoms with Gasteiger partial charge in [-0.1, -0.05) is 29.3 Å². The highest BCUT2D eigenvalue weighted by Gasteiger charge is 2.12. The Morgan fingerprint density at radius 3 is 2.68 bits per heavy atom.